The van der Waals surface area contributed by atoms with Crippen LogP contribution >= 0.6 is 127 Å². The van der Waals surface area contributed by atoms with Crippen LogP contribution in [0.5, 0.6) is 28.7 Å². The van der Waals surface area contributed by atoms with Crippen LogP contribution in [-0.4, -0.2) is 78.3 Å². The van der Waals surface area contributed by atoms with E-state index < -0.39 is 5.82 Å². The molecule has 0 aliphatic rings. The maximum atomic E-state index is 13.0. The van der Waals surface area contributed by atoms with E-state index in [0.717, 1.165) is 126 Å². The number of aromatic amines is 10. The minimum Gasteiger partial charge on any atom is -0.496 e. The summed E-state index contributed by atoms with van der Waals surface area (Å²) in [5, 5.41) is 6.55. The largest absolute Gasteiger partial charge is 0.496 e. The lowest BCUT2D eigenvalue weighted by Gasteiger charge is -2.08. The summed E-state index contributed by atoms with van der Waals surface area (Å²) in [7, 11) is 6.25. The molecule has 0 aliphatic heterocycles. The minimum absolute atomic E-state index is 0.00968. The first-order valence-electron chi connectivity index (χ1n) is 41.8. The molecule has 0 aliphatic carbocycles. The lowest BCUT2D eigenvalue weighted by molar-refractivity contribution is 0.306. The van der Waals surface area contributed by atoms with Gasteiger partial charge in [0.15, 0.2) is 65.8 Å². The van der Waals surface area contributed by atoms with Crippen molar-refractivity contribution in [2.45, 2.75) is 34.3 Å². The van der Waals surface area contributed by atoms with Crippen molar-refractivity contribution in [2.75, 3.05) is 28.4 Å². The Morgan fingerprint density at radius 3 is 1.18 bits per heavy atom. The summed E-state index contributed by atoms with van der Waals surface area (Å²) in [5.74, 6) is 2.80. The van der Waals surface area contributed by atoms with E-state index in [0.29, 0.717) is 81.8 Å². The number of aryl methyl sites for hydroxylation is 4. The third-order valence-corrected chi connectivity index (χ3v) is 26.4. The molecule has 139 heavy (non-hydrogen) atoms. The number of rotatable bonds is 7. The second-order valence-electron chi connectivity index (χ2n) is 30.3. The Morgan fingerprint density at radius 1 is 0.252 bits per heavy atom. The molecule has 0 saturated carbocycles. The summed E-state index contributed by atoms with van der Waals surface area (Å²) in [6.07, 6.45) is 16.3. The quantitative estimate of drug-likeness (QED) is 0.0709. The van der Waals surface area contributed by atoms with Crippen molar-refractivity contribution in [1.29, 1.82) is 0 Å². The van der Waals surface area contributed by atoms with Crippen LogP contribution in [0.25, 0.3) is 109 Å². The first-order chi connectivity index (χ1) is 66.7. The topological polar surface area (TPSA) is 375 Å². The molecule has 10 aromatic heterocycles. The molecule has 11 aromatic carbocycles. The number of nitrogens with one attached hydrogen (secondary N) is 10. The highest BCUT2D eigenvalue weighted by molar-refractivity contribution is 9.11. The van der Waals surface area contributed by atoms with Crippen molar-refractivity contribution in [3.05, 3.63) is 458 Å². The molecule has 0 spiro atoms. The number of methoxy groups -OCH3 is 4. The van der Waals surface area contributed by atoms with Crippen molar-refractivity contribution in [3.63, 3.8) is 0 Å². The molecule has 0 unspecified atom stereocenters. The molecule has 0 radical (unpaired) electrons. The van der Waals surface area contributed by atoms with Crippen LogP contribution < -0.4 is 78.0 Å². The molecule has 706 valence electrons. The van der Waals surface area contributed by atoms with Crippen molar-refractivity contribution in [3.8, 4) is 28.7 Å². The first kappa shape index (κ1) is 104. The van der Waals surface area contributed by atoms with Gasteiger partial charge in [0.25, 0.3) is 0 Å². The van der Waals surface area contributed by atoms with Crippen molar-refractivity contribution < 1.29 is 28.1 Å². The maximum Gasteiger partial charge on any atom is 0.190 e. The normalized spacial score (nSPS) is 10.5. The van der Waals surface area contributed by atoms with Crippen LogP contribution in [0.1, 0.15) is 27.8 Å². The molecule has 21 aromatic rings. The van der Waals surface area contributed by atoms with E-state index in [1.807, 2.05) is 155 Å². The van der Waals surface area contributed by atoms with E-state index in [9.17, 15) is 52.3 Å². The molecule has 0 bridgehead atoms. The molecule has 0 amide bonds. The van der Waals surface area contributed by atoms with Gasteiger partial charge in [-0.15, -0.1) is 0 Å². The van der Waals surface area contributed by atoms with Gasteiger partial charge in [0.2, 0.25) is 0 Å². The van der Waals surface area contributed by atoms with Gasteiger partial charge in [-0.05, 0) is 250 Å². The summed E-state index contributed by atoms with van der Waals surface area (Å²) >= 11 is 26.7. The number of halogens is 9. The Balaban J connectivity index is 0.000000139. The minimum atomic E-state index is -0.427. The fraction of sp³-hybridized carbons (Fsp3) is 0.0857. The van der Waals surface area contributed by atoms with Gasteiger partial charge in [-0.3, -0.25) is 47.9 Å². The highest BCUT2D eigenvalue weighted by Crippen LogP contribution is 2.34. The van der Waals surface area contributed by atoms with E-state index in [1.165, 1.54) is 66.9 Å². The lowest BCUT2D eigenvalue weighted by atomic mass is 10.1. The predicted octanol–water partition coefficient (Wildman–Crippen LogP) is 24.4. The van der Waals surface area contributed by atoms with Gasteiger partial charge in [0.1, 0.15) is 29.7 Å². The van der Waals surface area contributed by atoms with Gasteiger partial charge in [-0.25, -0.2) is 4.39 Å². The van der Waals surface area contributed by atoms with Crippen LogP contribution in [0.4, 0.5) is 4.39 Å². The molecular weight excluding hydrogens is 2300 g/mol. The number of aromatic nitrogens is 10. The first-order valence-corrected chi connectivity index (χ1v) is 48.1. The van der Waals surface area contributed by atoms with Gasteiger partial charge >= 0.3 is 0 Å². The molecule has 21 rings (SSSR count). The van der Waals surface area contributed by atoms with Gasteiger partial charge in [0.05, 0.1) is 108 Å². The zero-order chi connectivity index (χ0) is 99.8. The number of benzene rings is 11. The summed E-state index contributed by atoms with van der Waals surface area (Å²) in [5.41, 5.74) is 13.5. The molecule has 0 atom stereocenters. The Hall–Kier alpha value is -13.7. The second-order valence-corrected chi connectivity index (χ2v) is 37.1. The average Bonchev–Trinajstić information content (AvgIpc) is 0.822. The van der Waals surface area contributed by atoms with Crippen LogP contribution in [0.2, 0.25) is 0 Å². The zero-order valence-electron chi connectivity index (χ0n) is 74.9. The summed E-state index contributed by atoms with van der Waals surface area (Å²) in [6, 6.07) is 64.9. The van der Waals surface area contributed by atoms with E-state index in [2.05, 4.69) is 177 Å². The molecule has 34 heteroatoms. The molecule has 0 fully saturated rings. The van der Waals surface area contributed by atoms with Crippen molar-refractivity contribution in [2.24, 2.45) is 0 Å². The standard InChI is InChI=1S/C16H13NO2.C11H11NO3.2C10H8BrNO2.4C10H8BrNO.C9H5BrFNO.C9H6BrNO/c18-16-8-9-17-15-10-13(6-7-14(15)16)19-11-12-4-2-1-3-5-12;1-14-10-5-7-8(6-11(10)15-2)12-4-3-9(7)13;1-14-10-4-6-8(5-7(10)11)12-3-2-9(6)13;1-14-8-3-2-6-9(10(8)11)7(13)4-5-12-6;1-6-4-7-9(5-8(6)11)12-3-2-10(7)13;1-6-4-7(11)5-8-10(6)9(13)2-3-12-8;1-6-4-7(11)10-8(5-6)12-3-2-9(10)13;1-6-2-3-7-9(10(6)11)8(13)4-5-12-7;10-6-4-8-5(3-7(6)11)9(13)1-2-12-8;10-6-1-2-8-7(5-6)9(12)3-4-11-8/h1-10H,11H2,(H,17,18);3-6H,1-2H3,(H,12,13);2*2-5H,1H3,(H,12,13);4*2-5H,1H3,(H,12,13);1-4H,(H,12,13);1-5H,(H,11,12). The van der Waals surface area contributed by atoms with Gasteiger partial charge < -0.3 is 73.5 Å². The van der Waals surface area contributed by atoms with Gasteiger partial charge in [0, 0.05) is 200 Å². The van der Waals surface area contributed by atoms with Crippen LogP contribution in [0, 0.1) is 33.5 Å². The molecule has 10 heterocycles. The van der Waals surface area contributed by atoms with Crippen LogP contribution in [0.15, 0.2) is 370 Å². The second kappa shape index (κ2) is 49.0. The number of H-pyrrole nitrogens is 10. The van der Waals surface area contributed by atoms with Crippen molar-refractivity contribution >= 4 is 236 Å². The van der Waals surface area contributed by atoms with E-state index in [1.54, 1.807) is 121 Å². The Morgan fingerprint density at radius 2 is 0.647 bits per heavy atom. The molecule has 10 N–H and O–H groups in total. The third-order valence-electron chi connectivity index (χ3n) is 20.9. The lowest BCUT2D eigenvalue weighted by Crippen LogP contribution is -2.01. The molecule has 0 saturated heterocycles. The molecule has 25 nitrogen and oxygen atoms in total. The van der Waals surface area contributed by atoms with E-state index >= 15 is 0 Å². The fourth-order valence-corrected chi connectivity index (χ4v) is 18.1. The SMILES string of the molecule is COc1cc2[nH]ccc(=O)c2cc1OC.COc1cc2c(=O)cc[nH]c2cc1Br.COc1ccc2[nH]ccc(=O)c2c1Br.Cc1cc(Br)c2c(=O)cc[nH]c2c1.Cc1cc(Br)cc2[nH]ccc(=O)c12.Cc1cc2c(=O)cc[nH]c2cc1Br.Cc1ccc2[nH]ccc(=O)c2c1Br.O=c1cc[nH]c2cc(Br)c(F)cc12.O=c1cc[nH]c2cc(OCc3ccccc3)ccc12.O=c1cc[nH]c2ccc(Br)cc12. The van der Waals surface area contributed by atoms with Crippen LogP contribution in [0.3, 0.4) is 0 Å². The average molecular weight is 2380 g/mol. The smallest absolute Gasteiger partial charge is 0.190 e. The summed E-state index contributed by atoms with van der Waals surface area (Å²) in [4.78, 5) is 145. The van der Waals surface area contributed by atoms with E-state index in [-0.39, 0.29) is 54.3 Å². The number of fused-ring (bicyclic) bond motifs is 10. The number of hydrogen-bond donors (Lipinski definition) is 10. The maximum absolute atomic E-state index is 13.0. The monoisotopic (exact) mass is 2370 g/mol. The Kier molecular flexibility index (Phi) is 36.8. The number of pyridine rings is 10. The number of ether oxygens (including phenoxy) is 5. The third kappa shape index (κ3) is 26.8. The van der Waals surface area contributed by atoms with E-state index in [4.69, 9.17) is 23.7 Å². The van der Waals surface area contributed by atoms with Crippen molar-refractivity contribution in [1.82, 2.24) is 49.8 Å². The number of hydrogen-bond acceptors (Lipinski definition) is 15. The molecular formula is C105H83Br8FN10O15. The summed E-state index contributed by atoms with van der Waals surface area (Å²) < 4.78 is 45.7. The zero-order valence-corrected chi connectivity index (χ0v) is 87.6. The highest BCUT2D eigenvalue weighted by Gasteiger charge is 2.14. The Labute approximate surface area is 856 Å². The summed E-state index contributed by atoms with van der Waals surface area (Å²) in [6.45, 7) is 8.38. The van der Waals surface area contributed by atoms with Gasteiger partial charge in [-0.2, -0.15) is 0 Å². The predicted molar refractivity (Wildman–Crippen MR) is 583 cm³/mol. The highest BCUT2D eigenvalue weighted by atomic mass is 79.9. The fourth-order valence-electron chi connectivity index (χ4n) is 14.0. The Bertz CT molecular complexity index is 8560. The van der Waals surface area contributed by atoms with Gasteiger partial charge in [-0.1, -0.05) is 84.2 Å². The van der Waals surface area contributed by atoms with Crippen LogP contribution in [-0.2, 0) is 6.61 Å².